The van der Waals surface area contributed by atoms with Crippen LogP contribution < -0.4 is 14.9 Å². The van der Waals surface area contributed by atoms with Crippen molar-refractivity contribution < 1.29 is 18.0 Å². The standard InChI is InChI=1S/C20H25N3O4S/c1-4-14-21-20(25)17-12-8-9-13-18(17)22-19(24)15(2)23(28(3,26)27)16-10-6-5-7-11-16/h5-13,15H,4,14H2,1-3H3,(H,21,25)(H,22,24). The highest BCUT2D eigenvalue weighted by Gasteiger charge is 2.29. The van der Waals surface area contributed by atoms with Crippen LogP contribution in [0.4, 0.5) is 11.4 Å². The molecule has 1 atom stereocenters. The summed E-state index contributed by atoms with van der Waals surface area (Å²) in [6.07, 6.45) is 1.84. The fourth-order valence-corrected chi connectivity index (χ4v) is 3.92. The molecule has 8 heteroatoms. The van der Waals surface area contributed by atoms with Crippen molar-refractivity contribution >= 4 is 33.2 Å². The number of para-hydroxylation sites is 2. The maximum absolute atomic E-state index is 12.8. The smallest absolute Gasteiger partial charge is 0.253 e. The van der Waals surface area contributed by atoms with E-state index in [9.17, 15) is 18.0 Å². The van der Waals surface area contributed by atoms with Crippen molar-refractivity contribution in [1.29, 1.82) is 0 Å². The lowest BCUT2D eigenvalue weighted by atomic mass is 10.1. The Morgan fingerprint density at radius 3 is 2.25 bits per heavy atom. The highest BCUT2D eigenvalue weighted by Crippen LogP contribution is 2.22. The first kappa shape index (κ1) is 21.4. The molecule has 0 saturated heterocycles. The summed E-state index contributed by atoms with van der Waals surface area (Å²) in [5.74, 6) is -0.835. The average Bonchev–Trinajstić information content (AvgIpc) is 2.66. The van der Waals surface area contributed by atoms with Crippen molar-refractivity contribution in [2.45, 2.75) is 26.3 Å². The first-order valence-electron chi connectivity index (χ1n) is 8.98. The average molecular weight is 404 g/mol. The molecule has 0 spiro atoms. The van der Waals surface area contributed by atoms with E-state index in [2.05, 4.69) is 10.6 Å². The number of hydrogen-bond donors (Lipinski definition) is 2. The molecule has 2 amide bonds. The zero-order valence-electron chi connectivity index (χ0n) is 16.2. The molecule has 0 aliphatic carbocycles. The molecular weight excluding hydrogens is 378 g/mol. The van der Waals surface area contributed by atoms with Crippen molar-refractivity contribution in [2.24, 2.45) is 0 Å². The molecule has 0 heterocycles. The summed E-state index contributed by atoms with van der Waals surface area (Å²) in [6.45, 7) is 3.97. The third-order valence-corrected chi connectivity index (χ3v) is 5.31. The number of amides is 2. The Morgan fingerprint density at radius 1 is 1.04 bits per heavy atom. The minimum Gasteiger partial charge on any atom is -0.352 e. The maximum atomic E-state index is 12.8. The van der Waals surface area contributed by atoms with E-state index in [1.165, 1.54) is 6.92 Å². The number of sulfonamides is 1. The lowest BCUT2D eigenvalue weighted by molar-refractivity contribution is -0.116. The molecule has 0 saturated carbocycles. The van der Waals surface area contributed by atoms with Crippen LogP contribution in [0.3, 0.4) is 0 Å². The molecule has 0 aromatic heterocycles. The lowest BCUT2D eigenvalue weighted by Crippen LogP contribution is -2.45. The monoisotopic (exact) mass is 403 g/mol. The Hall–Kier alpha value is -2.87. The predicted molar refractivity (Wildman–Crippen MR) is 111 cm³/mol. The van der Waals surface area contributed by atoms with E-state index in [-0.39, 0.29) is 5.91 Å². The van der Waals surface area contributed by atoms with Crippen LogP contribution in [-0.2, 0) is 14.8 Å². The second-order valence-corrected chi connectivity index (χ2v) is 8.22. The fourth-order valence-electron chi connectivity index (χ4n) is 2.74. The van der Waals surface area contributed by atoms with Crippen LogP contribution in [0.15, 0.2) is 54.6 Å². The highest BCUT2D eigenvalue weighted by molar-refractivity contribution is 7.92. The van der Waals surface area contributed by atoms with Crippen molar-refractivity contribution in [2.75, 3.05) is 22.4 Å². The van der Waals surface area contributed by atoms with Crippen molar-refractivity contribution in [3.05, 3.63) is 60.2 Å². The SMILES string of the molecule is CCCNC(=O)c1ccccc1NC(=O)C(C)N(c1ccccc1)S(C)(=O)=O. The lowest BCUT2D eigenvalue weighted by Gasteiger charge is -2.28. The van der Waals surface area contributed by atoms with Gasteiger partial charge in [-0.3, -0.25) is 13.9 Å². The highest BCUT2D eigenvalue weighted by atomic mass is 32.2. The Morgan fingerprint density at radius 2 is 1.64 bits per heavy atom. The van der Waals surface area contributed by atoms with Gasteiger partial charge in [0.15, 0.2) is 0 Å². The van der Waals surface area contributed by atoms with E-state index >= 15 is 0 Å². The Bertz CT molecular complexity index is 929. The second kappa shape index (κ2) is 9.36. The van der Waals surface area contributed by atoms with Gasteiger partial charge in [0, 0.05) is 6.54 Å². The molecule has 0 bridgehead atoms. The molecule has 7 nitrogen and oxygen atoms in total. The van der Waals surface area contributed by atoms with E-state index in [4.69, 9.17) is 0 Å². The van der Waals surface area contributed by atoms with E-state index < -0.39 is 22.0 Å². The van der Waals surface area contributed by atoms with Crippen LogP contribution in [0.5, 0.6) is 0 Å². The Balaban J connectivity index is 2.28. The largest absolute Gasteiger partial charge is 0.352 e. The van der Waals surface area contributed by atoms with Gasteiger partial charge < -0.3 is 10.6 Å². The molecule has 0 fully saturated rings. The number of anilines is 2. The zero-order chi connectivity index (χ0) is 20.7. The quantitative estimate of drug-likeness (QED) is 0.708. The Kier molecular flexibility index (Phi) is 7.17. The summed E-state index contributed by atoms with van der Waals surface area (Å²) in [4.78, 5) is 25.1. The minimum absolute atomic E-state index is 0.298. The molecule has 2 rings (SSSR count). The molecular formula is C20H25N3O4S. The number of nitrogens with zero attached hydrogens (tertiary/aromatic N) is 1. The number of carbonyl (C=O) groups excluding carboxylic acids is 2. The minimum atomic E-state index is -3.70. The van der Waals surface area contributed by atoms with Gasteiger partial charge in [0.1, 0.15) is 6.04 Å². The predicted octanol–water partition coefficient (Wildman–Crippen LogP) is 2.62. The van der Waals surface area contributed by atoms with E-state index in [1.54, 1.807) is 54.6 Å². The van der Waals surface area contributed by atoms with Crippen LogP contribution in [0.2, 0.25) is 0 Å². The van der Waals surface area contributed by atoms with Crippen molar-refractivity contribution in [1.82, 2.24) is 5.32 Å². The van der Waals surface area contributed by atoms with Gasteiger partial charge in [-0.15, -0.1) is 0 Å². The second-order valence-electron chi connectivity index (χ2n) is 6.36. The summed E-state index contributed by atoms with van der Waals surface area (Å²) in [5.41, 5.74) is 1.04. The topological polar surface area (TPSA) is 95.6 Å². The molecule has 28 heavy (non-hydrogen) atoms. The van der Waals surface area contributed by atoms with Crippen LogP contribution in [0.25, 0.3) is 0 Å². The van der Waals surface area contributed by atoms with Crippen LogP contribution in [0.1, 0.15) is 30.6 Å². The maximum Gasteiger partial charge on any atom is 0.253 e. The van der Waals surface area contributed by atoms with Crippen LogP contribution in [0, 0.1) is 0 Å². The van der Waals surface area contributed by atoms with Gasteiger partial charge in [-0.2, -0.15) is 0 Å². The van der Waals surface area contributed by atoms with Gasteiger partial charge in [0.25, 0.3) is 5.91 Å². The number of carbonyl (C=O) groups is 2. The molecule has 2 N–H and O–H groups in total. The molecule has 2 aromatic rings. The Labute approximate surface area is 165 Å². The normalized spacial score (nSPS) is 12.1. The number of nitrogens with one attached hydrogen (secondary N) is 2. The van der Waals surface area contributed by atoms with E-state index in [0.29, 0.717) is 23.5 Å². The van der Waals surface area contributed by atoms with Gasteiger partial charge >= 0.3 is 0 Å². The summed E-state index contributed by atoms with van der Waals surface area (Å²) < 4.78 is 25.7. The van der Waals surface area contributed by atoms with Crippen LogP contribution >= 0.6 is 0 Å². The first-order valence-corrected chi connectivity index (χ1v) is 10.8. The van der Waals surface area contributed by atoms with Gasteiger partial charge in [-0.1, -0.05) is 37.3 Å². The van der Waals surface area contributed by atoms with E-state index in [1.807, 2.05) is 6.92 Å². The summed E-state index contributed by atoms with van der Waals surface area (Å²) in [7, 11) is -3.70. The number of rotatable bonds is 8. The van der Waals surface area contributed by atoms with Crippen molar-refractivity contribution in [3.8, 4) is 0 Å². The van der Waals surface area contributed by atoms with Crippen molar-refractivity contribution in [3.63, 3.8) is 0 Å². The summed E-state index contributed by atoms with van der Waals surface area (Å²) in [5, 5.41) is 5.45. The molecule has 0 radical (unpaired) electrons. The van der Waals surface area contributed by atoms with Crippen LogP contribution in [-0.4, -0.2) is 39.1 Å². The zero-order valence-corrected chi connectivity index (χ0v) is 17.0. The number of hydrogen-bond acceptors (Lipinski definition) is 4. The van der Waals surface area contributed by atoms with Gasteiger partial charge in [0.2, 0.25) is 15.9 Å². The van der Waals surface area contributed by atoms with Gasteiger partial charge in [-0.25, -0.2) is 8.42 Å². The molecule has 1 unspecified atom stereocenters. The number of benzene rings is 2. The summed E-state index contributed by atoms with van der Waals surface area (Å²) in [6, 6.07) is 14.0. The molecule has 2 aromatic carbocycles. The molecule has 150 valence electrons. The van der Waals surface area contributed by atoms with E-state index in [0.717, 1.165) is 17.0 Å². The fraction of sp³-hybridized carbons (Fsp3) is 0.300. The summed E-state index contributed by atoms with van der Waals surface area (Å²) >= 11 is 0. The third kappa shape index (κ3) is 5.32. The van der Waals surface area contributed by atoms with Gasteiger partial charge in [-0.05, 0) is 37.6 Å². The third-order valence-electron chi connectivity index (χ3n) is 4.06. The first-order chi connectivity index (χ1) is 13.3. The molecule has 0 aliphatic heterocycles. The van der Waals surface area contributed by atoms with Gasteiger partial charge in [0.05, 0.1) is 23.2 Å². The molecule has 0 aliphatic rings.